The van der Waals surface area contributed by atoms with E-state index in [1.54, 1.807) is 0 Å². The highest BCUT2D eigenvalue weighted by Gasteiger charge is 2.18. The van der Waals surface area contributed by atoms with Gasteiger partial charge in [0.15, 0.2) is 0 Å². The molecular formula is C22H26N4. The van der Waals surface area contributed by atoms with Crippen LogP contribution in [0, 0.1) is 0 Å². The topological polar surface area (TPSA) is 41.1 Å². The normalized spacial score (nSPS) is 16.2. The first kappa shape index (κ1) is 17.1. The number of pyridine rings is 2. The zero-order valence-electron chi connectivity index (χ0n) is 15.1. The summed E-state index contributed by atoms with van der Waals surface area (Å²) >= 11 is 0. The zero-order valence-corrected chi connectivity index (χ0v) is 15.1. The van der Waals surface area contributed by atoms with Crippen molar-refractivity contribution in [3.8, 4) is 0 Å². The summed E-state index contributed by atoms with van der Waals surface area (Å²) in [6.07, 6.45) is 9.16. The molecule has 2 aromatic heterocycles. The number of fused-ring (bicyclic) bond motifs is 1. The highest BCUT2D eigenvalue weighted by Crippen LogP contribution is 2.17. The number of rotatable bonds is 6. The molecular weight excluding hydrogens is 320 g/mol. The molecule has 1 N–H and O–H groups in total. The molecule has 0 amide bonds. The summed E-state index contributed by atoms with van der Waals surface area (Å²) in [5.74, 6) is 0. The molecule has 0 bridgehead atoms. The van der Waals surface area contributed by atoms with Crippen LogP contribution in [0.3, 0.4) is 0 Å². The molecule has 3 aromatic rings. The minimum Gasteiger partial charge on any atom is -0.314 e. The van der Waals surface area contributed by atoms with Crippen LogP contribution in [-0.4, -0.2) is 40.5 Å². The Labute approximate surface area is 155 Å². The Morgan fingerprint density at radius 1 is 1.00 bits per heavy atom. The van der Waals surface area contributed by atoms with Gasteiger partial charge in [-0.1, -0.05) is 30.3 Å². The zero-order chi connectivity index (χ0) is 17.6. The lowest BCUT2D eigenvalue weighted by Gasteiger charge is -2.32. The van der Waals surface area contributed by atoms with Gasteiger partial charge < -0.3 is 5.32 Å². The molecule has 4 nitrogen and oxygen atoms in total. The van der Waals surface area contributed by atoms with E-state index in [1.165, 1.54) is 29.4 Å². The Bertz CT molecular complexity index is 820. The number of likely N-dealkylation sites (tertiary alicyclic amines) is 1. The summed E-state index contributed by atoms with van der Waals surface area (Å²) < 4.78 is 0. The lowest BCUT2D eigenvalue weighted by Crippen LogP contribution is -2.42. The number of aromatic nitrogens is 2. The van der Waals surface area contributed by atoms with Gasteiger partial charge in [-0.3, -0.25) is 14.9 Å². The molecule has 134 valence electrons. The SMILES string of the molecule is c1cncc(CN2CCC(NCCc3cccc4cccnc34)CC2)c1. The largest absolute Gasteiger partial charge is 0.314 e. The van der Waals surface area contributed by atoms with Crippen molar-refractivity contribution in [2.24, 2.45) is 0 Å². The van der Waals surface area contributed by atoms with Crippen molar-refractivity contribution >= 4 is 10.9 Å². The van der Waals surface area contributed by atoms with Gasteiger partial charge in [0.25, 0.3) is 0 Å². The molecule has 0 atom stereocenters. The number of hydrogen-bond donors (Lipinski definition) is 1. The number of para-hydroxylation sites is 1. The summed E-state index contributed by atoms with van der Waals surface area (Å²) in [4.78, 5) is 11.3. The average Bonchev–Trinajstić information content (AvgIpc) is 2.70. The fourth-order valence-electron chi connectivity index (χ4n) is 3.83. The van der Waals surface area contributed by atoms with E-state index in [0.717, 1.165) is 38.1 Å². The Morgan fingerprint density at radius 2 is 1.85 bits per heavy atom. The van der Waals surface area contributed by atoms with Crippen molar-refractivity contribution < 1.29 is 0 Å². The van der Waals surface area contributed by atoms with Crippen LogP contribution >= 0.6 is 0 Å². The fourth-order valence-corrected chi connectivity index (χ4v) is 3.83. The van der Waals surface area contributed by atoms with E-state index in [4.69, 9.17) is 0 Å². The Hall–Kier alpha value is -2.30. The molecule has 0 aliphatic carbocycles. The lowest BCUT2D eigenvalue weighted by atomic mass is 10.0. The van der Waals surface area contributed by atoms with E-state index in [0.29, 0.717) is 6.04 Å². The maximum absolute atomic E-state index is 4.56. The molecule has 1 saturated heterocycles. The Morgan fingerprint density at radius 3 is 2.69 bits per heavy atom. The van der Waals surface area contributed by atoms with Gasteiger partial charge >= 0.3 is 0 Å². The third kappa shape index (κ3) is 4.26. The Balaban J connectivity index is 1.24. The Kier molecular flexibility index (Phi) is 5.53. The predicted octanol–water partition coefficient (Wildman–Crippen LogP) is 3.43. The summed E-state index contributed by atoms with van der Waals surface area (Å²) in [6, 6.07) is 15.4. The highest BCUT2D eigenvalue weighted by molar-refractivity contribution is 5.81. The summed E-state index contributed by atoms with van der Waals surface area (Å²) in [5.41, 5.74) is 3.79. The van der Waals surface area contributed by atoms with Gasteiger partial charge in [0.05, 0.1) is 5.52 Å². The molecule has 0 unspecified atom stereocenters. The average molecular weight is 346 g/mol. The quantitative estimate of drug-likeness (QED) is 0.742. The first-order valence-corrected chi connectivity index (χ1v) is 9.56. The van der Waals surface area contributed by atoms with Gasteiger partial charge in [-0.05, 0) is 62.2 Å². The first-order valence-electron chi connectivity index (χ1n) is 9.56. The molecule has 1 fully saturated rings. The minimum absolute atomic E-state index is 0.628. The van der Waals surface area contributed by atoms with Gasteiger partial charge in [0.2, 0.25) is 0 Å². The van der Waals surface area contributed by atoms with Crippen LogP contribution in [0.15, 0.2) is 61.1 Å². The van der Waals surface area contributed by atoms with Gasteiger partial charge in [0.1, 0.15) is 0 Å². The maximum Gasteiger partial charge on any atom is 0.0734 e. The third-order valence-corrected chi connectivity index (χ3v) is 5.26. The van der Waals surface area contributed by atoms with Crippen molar-refractivity contribution in [1.82, 2.24) is 20.2 Å². The third-order valence-electron chi connectivity index (χ3n) is 5.26. The summed E-state index contributed by atoms with van der Waals surface area (Å²) in [7, 11) is 0. The van der Waals surface area contributed by atoms with Crippen molar-refractivity contribution in [3.05, 3.63) is 72.2 Å². The van der Waals surface area contributed by atoms with Crippen molar-refractivity contribution in [3.63, 3.8) is 0 Å². The molecule has 1 aliphatic heterocycles. The first-order chi connectivity index (χ1) is 12.9. The van der Waals surface area contributed by atoms with Crippen molar-refractivity contribution in [2.45, 2.75) is 31.8 Å². The number of piperidine rings is 1. The highest BCUT2D eigenvalue weighted by atomic mass is 15.1. The van der Waals surface area contributed by atoms with E-state index < -0.39 is 0 Å². The number of benzene rings is 1. The van der Waals surface area contributed by atoms with Crippen molar-refractivity contribution in [1.29, 1.82) is 0 Å². The second kappa shape index (κ2) is 8.39. The molecule has 1 aliphatic rings. The van der Waals surface area contributed by atoms with Crippen LogP contribution in [0.4, 0.5) is 0 Å². The maximum atomic E-state index is 4.56. The molecule has 26 heavy (non-hydrogen) atoms. The van der Waals surface area contributed by atoms with Crippen LogP contribution in [-0.2, 0) is 13.0 Å². The van der Waals surface area contributed by atoms with Crippen LogP contribution < -0.4 is 5.32 Å². The van der Waals surface area contributed by atoms with E-state index in [1.807, 2.05) is 30.7 Å². The molecule has 1 aromatic carbocycles. The van der Waals surface area contributed by atoms with Gasteiger partial charge in [0, 0.05) is 36.6 Å². The molecule has 4 heteroatoms. The van der Waals surface area contributed by atoms with Gasteiger partial charge in [-0.15, -0.1) is 0 Å². The summed E-state index contributed by atoms with van der Waals surface area (Å²) in [5, 5.41) is 4.98. The molecule has 0 spiro atoms. The van der Waals surface area contributed by atoms with E-state index in [9.17, 15) is 0 Å². The van der Waals surface area contributed by atoms with Gasteiger partial charge in [-0.2, -0.15) is 0 Å². The smallest absolute Gasteiger partial charge is 0.0734 e. The predicted molar refractivity (Wildman–Crippen MR) is 106 cm³/mol. The molecule has 3 heterocycles. The molecule has 0 saturated carbocycles. The monoisotopic (exact) mass is 346 g/mol. The van der Waals surface area contributed by atoms with E-state index in [-0.39, 0.29) is 0 Å². The van der Waals surface area contributed by atoms with Crippen LogP contribution in [0.25, 0.3) is 10.9 Å². The van der Waals surface area contributed by atoms with Crippen molar-refractivity contribution in [2.75, 3.05) is 19.6 Å². The molecule has 4 rings (SSSR count). The minimum atomic E-state index is 0.628. The molecule has 0 radical (unpaired) electrons. The lowest BCUT2D eigenvalue weighted by molar-refractivity contribution is 0.191. The van der Waals surface area contributed by atoms with E-state index in [2.05, 4.69) is 50.5 Å². The number of nitrogens with one attached hydrogen (secondary N) is 1. The van der Waals surface area contributed by atoms with Crippen LogP contribution in [0.1, 0.15) is 24.0 Å². The van der Waals surface area contributed by atoms with Crippen LogP contribution in [0.2, 0.25) is 0 Å². The fraction of sp³-hybridized carbons (Fsp3) is 0.364. The second-order valence-corrected chi connectivity index (χ2v) is 7.11. The summed E-state index contributed by atoms with van der Waals surface area (Å²) in [6.45, 7) is 4.34. The number of hydrogen-bond acceptors (Lipinski definition) is 4. The standard InChI is InChI=1S/C22H26N4/c1-5-19-7-3-12-25-22(19)20(6-1)8-13-24-21-9-14-26(15-10-21)17-18-4-2-11-23-16-18/h1-7,11-12,16,21,24H,8-10,13-15,17H2. The number of nitrogens with zero attached hydrogens (tertiary/aromatic N) is 3. The van der Waals surface area contributed by atoms with Crippen LogP contribution in [0.5, 0.6) is 0 Å². The second-order valence-electron chi connectivity index (χ2n) is 7.11. The van der Waals surface area contributed by atoms with Gasteiger partial charge in [-0.25, -0.2) is 0 Å². The van der Waals surface area contributed by atoms with E-state index >= 15 is 0 Å².